The fourth-order valence-electron chi connectivity index (χ4n) is 5.72. The Morgan fingerprint density at radius 3 is 1.58 bits per heavy atom. The summed E-state index contributed by atoms with van der Waals surface area (Å²) in [6.07, 6.45) is 0. The van der Waals surface area contributed by atoms with Gasteiger partial charge in [0.15, 0.2) is 0 Å². The fourth-order valence-corrected chi connectivity index (χ4v) is 5.72. The molecule has 0 atom stereocenters. The predicted molar refractivity (Wildman–Crippen MR) is 150 cm³/mol. The van der Waals surface area contributed by atoms with Gasteiger partial charge in [-0.25, -0.2) is 0 Å². The van der Waals surface area contributed by atoms with Crippen molar-refractivity contribution in [3.05, 3.63) is 166 Å². The highest BCUT2D eigenvalue weighted by Crippen LogP contribution is 2.48. The van der Waals surface area contributed by atoms with Gasteiger partial charge in [-0.2, -0.15) is 0 Å². The van der Waals surface area contributed by atoms with E-state index >= 15 is 0 Å². The zero-order valence-electron chi connectivity index (χ0n) is 21.2. The van der Waals surface area contributed by atoms with E-state index in [4.69, 9.17) is 0 Å². The van der Waals surface area contributed by atoms with Crippen molar-refractivity contribution in [1.82, 2.24) is 0 Å². The number of benzene rings is 5. The highest BCUT2D eigenvalue weighted by atomic mass is 16.3. The molecule has 5 aromatic rings. The molecule has 0 heterocycles. The Labute approximate surface area is 214 Å². The van der Waals surface area contributed by atoms with E-state index in [1.165, 1.54) is 38.9 Å². The van der Waals surface area contributed by atoms with Gasteiger partial charge in [0, 0.05) is 0 Å². The molecule has 0 amide bonds. The highest BCUT2D eigenvalue weighted by molar-refractivity contribution is 5.75. The third-order valence-corrected chi connectivity index (χ3v) is 7.42. The first-order chi connectivity index (χ1) is 17.6. The maximum atomic E-state index is 10.7. The summed E-state index contributed by atoms with van der Waals surface area (Å²) in [5, 5.41) is 10.7. The third-order valence-electron chi connectivity index (χ3n) is 7.42. The first-order valence-electron chi connectivity index (χ1n) is 12.6. The third kappa shape index (κ3) is 3.96. The molecule has 0 saturated heterocycles. The van der Waals surface area contributed by atoms with Gasteiger partial charge in [-0.15, -0.1) is 0 Å². The minimum atomic E-state index is -0.600. The second-order valence-electron chi connectivity index (χ2n) is 9.59. The Kier molecular flexibility index (Phi) is 6.59. The molecule has 1 N–H and O–H groups in total. The minimum Gasteiger partial charge on any atom is -0.392 e. The molecule has 5 rings (SSSR count). The maximum absolute atomic E-state index is 10.7. The Bertz CT molecular complexity index is 1440. The zero-order valence-corrected chi connectivity index (χ0v) is 21.2. The molecule has 0 aliphatic rings. The second kappa shape index (κ2) is 9.97. The van der Waals surface area contributed by atoms with E-state index in [1.54, 1.807) is 0 Å². The molecule has 0 aromatic heterocycles. The van der Waals surface area contributed by atoms with Crippen LogP contribution in [0.2, 0.25) is 0 Å². The molecule has 0 fully saturated rings. The second-order valence-corrected chi connectivity index (χ2v) is 9.59. The van der Waals surface area contributed by atoms with E-state index < -0.39 is 5.41 Å². The van der Waals surface area contributed by atoms with Crippen LogP contribution in [0.25, 0.3) is 11.1 Å². The van der Waals surface area contributed by atoms with E-state index in [9.17, 15) is 5.11 Å². The zero-order chi connectivity index (χ0) is 25.1. The van der Waals surface area contributed by atoms with Crippen LogP contribution in [0.3, 0.4) is 0 Å². The van der Waals surface area contributed by atoms with Gasteiger partial charge in [-0.3, -0.25) is 0 Å². The van der Waals surface area contributed by atoms with Crippen LogP contribution >= 0.6 is 0 Å². The van der Waals surface area contributed by atoms with E-state index in [2.05, 4.69) is 142 Å². The van der Waals surface area contributed by atoms with Crippen LogP contribution in [-0.2, 0) is 12.0 Å². The van der Waals surface area contributed by atoms with Crippen LogP contribution in [0, 0.1) is 20.8 Å². The van der Waals surface area contributed by atoms with Crippen LogP contribution in [0.5, 0.6) is 0 Å². The molecule has 5 aromatic carbocycles. The summed E-state index contributed by atoms with van der Waals surface area (Å²) in [7, 11) is 0. The van der Waals surface area contributed by atoms with E-state index in [0.29, 0.717) is 0 Å². The smallest absolute Gasteiger partial charge is 0.0707 e. The maximum Gasteiger partial charge on any atom is 0.0707 e. The average molecular weight is 469 g/mol. The molecule has 0 unspecified atom stereocenters. The summed E-state index contributed by atoms with van der Waals surface area (Å²) in [6.45, 7) is 6.46. The first-order valence-corrected chi connectivity index (χ1v) is 12.6. The molecular formula is C35H32O. The van der Waals surface area contributed by atoms with Crippen LogP contribution in [0.15, 0.2) is 121 Å². The normalized spacial score (nSPS) is 11.4. The topological polar surface area (TPSA) is 20.2 Å². The lowest BCUT2D eigenvalue weighted by Crippen LogP contribution is -2.33. The Balaban J connectivity index is 1.98. The number of hydrogen-bond donors (Lipinski definition) is 1. The summed E-state index contributed by atoms with van der Waals surface area (Å²) in [5.74, 6) is 0. The summed E-state index contributed by atoms with van der Waals surface area (Å²) < 4.78 is 0. The van der Waals surface area contributed by atoms with Crippen molar-refractivity contribution in [2.24, 2.45) is 0 Å². The van der Waals surface area contributed by atoms with Gasteiger partial charge in [-0.1, -0.05) is 115 Å². The molecule has 0 aliphatic heterocycles. The molecule has 36 heavy (non-hydrogen) atoms. The molecule has 0 spiro atoms. The van der Waals surface area contributed by atoms with E-state index in [1.807, 2.05) is 0 Å². The number of aliphatic hydroxyl groups is 1. The summed E-state index contributed by atoms with van der Waals surface area (Å²) in [4.78, 5) is 0. The number of rotatable bonds is 6. The van der Waals surface area contributed by atoms with Crippen molar-refractivity contribution in [3.8, 4) is 11.1 Å². The monoisotopic (exact) mass is 468 g/mol. The molecule has 0 saturated carbocycles. The first kappa shape index (κ1) is 23.8. The van der Waals surface area contributed by atoms with E-state index in [-0.39, 0.29) is 6.61 Å². The molecule has 178 valence electrons. The summed E-state index contributed by atoms with van der Waals surface area (Å²) in [6, 6.07) is 43.1. The molecular weight excluding hydrogens is 436 g/mol. The molecule has 1 heteroatoms. The van der Waals surface area contributed by atoms with Gasteiger partial charge in [0.25, 0.3) is 0 Å². The van der Waals surface area contributed by atoms with E-state index in [0.717, 1.165) is 16.7 Å². The van der Waals surface area contributed by atoms with Gasteiger partial charge in [0.2, 0.25) is 0 Å². The Hall–Kier alpha value is -3.94. The van der Waals surface area contributed by atoms with Crippen LogP contribution in [-0.4, -0.2) is 5.11 Å². The molecule has 0 aliphatic carbocycles. The number of aliphatic hydroxyl groups excluding tert-OH is 1. The fraction of sp³-hybridized carbons (Fsp3) is 0.143. The van der Waals surface area contributed by atoms with Crippen molar-refractivity contribution in [2.75, 3.05) is 0 Å². The van der Waals surface area contributed by atoms with Gasteiger partial charge >= 0.3 is 0 Å². The van der Waals surface area contributed by atoms with Crippen LogP contribution in [0.4, 0.5) is 0 Å². The minimum absolute atomic E-state index is 0.0302. The lowest BCUT2D eigenvalue weighted by molar-refractivity contribution is 0.279. The van der Waals surface area contributed by atoms with Gasteiger partial charge in [0.05, 0.1) is 12.0 Å². The highest BCUT2D eigenvalue weighted by Gasteiger charge is 2.41. The summed E-state index contributed by atoms with van der Waals surface area (Å²) in [5.41, 5.74) is 11.1. The summed E-state index contributed by atoms with van der Waals surface area (Å²) >= 11 is 0. The largest absolute Gasteiger partial charge is 0.392 e. The van der Waals surface area contributed by atoms with Crippen molar-refractivity contribution >= 4 is 0 Å². The Morgan fingerprint density at radius 1 is 0.500 bits per heavy atom. The van der Waals surface area contributed by atoms with Crippen molar-refractivity contribution in [3.63, 3.8) is 0 Å². The van der Waals surface area contributed by atoms with Crippen molar-refractivity contribution in [1.29, 1.82) is 0 Å². The molecule has 1 nitrogen and oxygen atoms in total. The standard InChI is InChI=1S/C35H32O/c1-25-14-10-12-20-31(25)32-23-34(28(24-36)22-27(32)3)35(29-16-6-4-7-17-29,30-18-8-5-9-19-30)33-21-13-11-15-26(33)2/h4-23,36H,24H2,1-3H3. The van der Waals surface area contributed by atoms with Gasteiger partial charge in [0.1, 0.15) is 0 Å². The van der Waals surface area contributed by atoms with Gasteiger partial charge < -0.3 is 5.11 Å². The lowest BCUT2D eigenvalue weighted by atomic mass is 9.62. The Morgan fingerprint density at radius 2 is 1.03 bits per heavy atom. The quantitative estimate of drug-likeness (QED) is 0.249. The van der Waals surface area contributed by atoms with Crippen molar-refractivity contribution in [2.45, 2.75) is 32.8 Å². The predicted octanol–water partition coefficient (Wildman–Crippen LogP) is 8.15. The number of hydrogen-bond acceptors (Lipinski definition) is 1. The van der Waals surface area contributed by atoms with Crippen LogP contribution < -0.4 is 0 Å². The lowest BCUT2D eigenvalue weighted by Gasteiger charge is -2.39. The molecule has 0 bridgehead atoms. The van der Waals surface area contributed by atoms with Gasteiger partial charge in [-0.05, 0) is 82.5 Å². The SMILES string of the molecule is Cc1ccccc1-c1cc(C(c2ccccc2)(c2ccccc2)c2ccccc2C)c(CO)cc1C. The average Bonchev–Trinajstić information content (AvgIpc) is 2.92. The van der Waals surface area contributed by atoms with Crippen LogP contribution in [0.1, 0.15) is 44.5 Å². The number of aryl methyl sites for hydroxylation is 3. The molecule has 0 radical (unpaired) electrons. The van der Waals surface area contributed by atoms with Crippen molar-refractivity contribution < 1.29 is 5.11 Å².